The molecule has 0 aliphatic heterocycles. The molecule has 0 bridgehead atoms. The van der Waals surface area contributed by atoms with E-state index in [0.29, 0.717) is 11.3 Å². The minimum Gasteiger partial charge on any atom is -0.499 e. The summed E-state index contributed by atoms with van der Waals surface area (Å²) in [6.45, 7) is 1.15. The van der Waals surface area contributed by atoms with E-state index in [1.165, 1.54) is 19.2 Å². The molecule has 0 fully saturated rings. The number of aromatic nitrogens is 2. The third kappa shape index (κ3) is 4.55. The number of nitrogens with one attached hydrogen (secondary N) is 1. The van der Waals surface area contributed by atoms with Crippen molar-refractivity contribution in [3.63, 3.8) is 0 Å². The van der Waals surface area contributed by atoms with E-state index in [4.69, 9.17) is 11.6 Å². The first-order valence-corrected chi connectivity index (χ1v) is 10.2. The van der Waals surface area contributed by atoms with Crippen LogP contribution in [0.1, 0.15) is 23.0 Å². The molecule has 3 aromatic rings. The summed E-state index contributed by atoms with van der Waals surface area (Å²) in [6.07, 6.45) is -4.69. The van der Waals surface area contributed by atoms with E-state index in [0.717, 1.165) is 10.7 Å². The van der Waals surface area contributed by atoms with Gasteiger partial charge >= 0.3 is 12.1 Å². The smallest absolute Gasteiger partial charge is 0.435 e. The van der Waals surface area contributed by atoms with Crippen LogP contribution >= 0.6 is 22.9 Å². The summed E-state index contributed by atoms with van der Waals surface area (Å²) >= 11 is 6.70. The Morgan fingerprint density at radius 2 is 2.00 bits per heavy atom. The van der Waals surface area contributed by atoms with Crippen LogP contribution in [0.15, 0.2) is 23.0 Å². The van der Waals surface area contributed by atoms with Crippen LogP contribution in [-0.2, 0) is 22.8 Å². The van der Waals surface area contributed by atoms with Crippen molar-refractivity contribution >= 4 is 44.9 Å². The Bertz CT molecular complexity index is 1290. The average Bonchev–Trinajstić information content (AvgIpc) is 3.09. The van der Waals surface area contributed by atoms with Crippen LogP contribution in [0.3, 0.4) is 0 Å². The Kier molecular flexibility index (Phi) is 6.46. The normalized spacial score (nSPS) is 11.6. The highest BCUT2D eigenvalue weighted by atomic mass is 35.5. The lowest BCUT2D eigenvalue weighted by Crippen LogP contribution is -2.33. The molecule has 1 aromatic carbocycles. The molecule has 2 N–H and O–H groups in total. The molecule has 13 heteroatoms. The first kappa shape index (κ1) is 23.5. The summed E-state index contributed by atoms with van der Waals surface area (Å²) in [5.41, 5.74) is -2.55. The minimum absolute atomic E-state index is 0.000567. The number of hydrogen-bond acceptors (Lipinski definition) is 7. The van der Waals surface area contributed by atoms with Gasteiger partial charge in [-0.15, -0.1) is 0 Å². The second kappa shape index (κ2) is 8.79. The Hall–Kier alpha value is -3.12. The van der Waals surface area contributed by atoms with E-state index >= 15 is 0 Å². The molecular weight excluding hydrogens is 475 g/mol. The number of esters is 1. The Morgan fingerprint density at radius 3 is 2.59 bits per heavy atom. The van der Waals surface area contributed by atoms with Crippen molar-refractivity contribution in [1.29, 1.82) is 0 Å². The van der Waals surface area contributed by atoms with Gasteiger partial charge in [0.2, 0.25) is 5.43 Å². The standard InChI is InChI=1S/C19H15ClF3N3O5S/c1-3-31-13(27)7-24-17(29)14-15(28)10-5-8(20)4-9(16(10)32-18(14)30)11-6-12(19(21,22)23)25-26(11)2/h4-6,30H,3,7H2,1-2H3,(H,24,29). The van der Waals surface area contributed by atoms with Crippen LogP contribution in [0, 0.1) is 0 Å². The maximum Gasteiger partial charge on any atom is 0.435 e. The topological polar surface area (TPSA) is 111 Å². The number of carbonyl (C=O) groups is 2. The van der Waals surface area contributed by atoms with Gasteiger partial charge in [-0.25, -0.2) is 0 Å². The number of rotatable bonds is 5. The Balaban J connectivity index is 2.14. The summed E-state index contributed by atoms with van der Waals surface area (Å²) in [4.78, 5) is 36.8. The molecule has 2 aromatic heterocycles. The van der Waals surface area contributed by atoms with Crippen LogP contribution in [0.5, 0.6) is 5.06 Å². The third-order valence-electron chi connectivity index (χ3n) is 4.31. The molecule has 32 heavy (non-hydrogen) atoms. The lowest BCUT2D eigenvalue weighted by molar-refractivity contribution is -0.142. The number of fused-ring (bicyclic) bond motifs is 1. The highest BCUT2D eigenvalue weighted by molar-refractivity contribution is 7.20. The van der Waals surface area contributed by atoms with E-state index in [1.807, 2.05) is 0 Å². The average molecular weight is 490 g/mol. The SMILES string of the molecule is CCOC(=O)CNC(=O)c1c(O)sc2c(-c3cc(C(F)(F)F)nn3C)cc(Cl)cc2c1=O. The summed E-state index contributed by atoms with van der Waals surface area (Å²) in [6, 6.07) is 3.36. The number of hydrogen-bond donors (Lipinski definition) is 2. The van der Waals surface area contributed by atoms with Crippen LogP contribution in [0.2, 0.25) is 5.02 Å². The maximum atomic E-state index is 13.1. The fraction of sp³-hybridized carbons (Fsp3) is 0.263. The van der Waals surface area contributed by atoms with Gasteiger partial charge in [0.1, 0.15) is 12.1 Å². The quantitative estimate of drug-likeness (QED) is 0.532. The van der Waals surface area contributed by atoms with E-state index in [1.54, 1.807) is 6.92 Å². The van der Waals surface area contributed by atoms with Crippen molar-refractivity contribution in [1.82, 2.24) is 15.1 Å². The summed E-state index contributed by atoms with van der Waals surface area (Å²) < 4.78 is 45.0. The molecule has 0 aliphatic rings. The largest absolute Gasteiger partial charge is 0.499 e. The molecule has 0 spiro atoms. The number of aromatic hydroxyl groups is 1. The van der Waals surface area contributed by atoms with Crippen LogP contribution in [0.25, 0.3) is 21.3 Å². The van der Waals surface area contributed by atoms with Gasteiger partial charge in [-0.2, -0.15) is 18.3 Å². The summed E-state index contributed by atoms with van der Waals surface area (Å²) in [5, 5.41) is 15.3. The molecule has 3 rings (SSSR count). The third-order valence-corrected chi connectivity index (χ3v) is 5.57. The lowest BCUT2D eigenvalue weighted by atomic mass is 10.1. The van der Waals surface area contributed by atoms with E-state index in [2.05, 4.69) is 15.2 Å². The van der Waals surface area contributed by atoms with Crippen molar-refractivity contribution in [3.05, 3.63) is 44.7 Å². The molecule has 0 radical (unpaired) electrons. The first-order chi connectivity index (χ1) is 14.9. The number of nitrogens with zero attached hydrogens (tertiary/aromatic N) is 2. The number of benzene rings is 1. The van der Waals surface area contributed by atoms with E-state index in [-0.39, 0.29) is 33.0 Å². The molecule has 1 amide bonds. The number of alkyl halides is 3. The molecular formula is C19H15ClF3N3O5S. The van der Waals surface area contributed by atoms with Gasteiger partial charge in [-0.1, -0.05) is 22.9 Å². The predicted octanol–water partition coefficient (Wildman–Crippen LogP) is 3.33. The lowest BCUT2D eigenvalue weighted by Gasteiger charge is -2.10. The fourth-order valence-corrected chi connectivity index (χ4v) is 4.19. The van der Waals surface area contributed by atoms with Crippen LogP contribution < -0.4 is 10.7 Å². The van der Waals surface area contributed by atoms with Crippen molar-refractivity contribution < 1.29 is 32.6 Å². The number of amides is 1. The van der Waals surface area contributed by atoms with E-state index in [9.17, 15) is 32.7 Å². The van der Waals surface area contributed by atoms with Crippen molar-refractivity contribution in [2.24, 2.45) is 7.05 Å². The summed E-state index contributed by atoms with van der Waals surface area (Å²) in [5.74, 6) is -1.75. The molecule has 0 saturated heterocycles. The zero-order chi connectivity index (χ0) is 23.8. The van der Waals surface area contributed by atoms with Gasteiger partial charge in [0.05, 0.1) is 17.0 Å². The van der Waals surface area contributed by atoms with Crippen molar-refractivity contribution in [3.8, 4) is 16.3 Å². The number of aryl methyl sites for hydroxylation is 1. The molecule has 2 heterocycles. The highest BCUT2D eigenvalue weighted by Gasteiger charge is 2.35. The van der Waals surface area contributed by atoms with Gasteiger partial charge in [0.15, 0.2) is 10.8 Å². The van der Waals surface area contributed by atoms with Gasteiger partial charge in [-0.3, -0.25) is 19.1 Å². The second-order valence-corrected chi connectivity index (χ2v) is 7.90. The molecule has 170 valence electrons. The van der Waals surface area contributed by atoms with Gasteiger partial charge < -0.3 is 15.2 Å². The fourth-order valence-electron chi connectivity index (χ4n) is 2.95. The highest BCUT2D eigenvalue weighted by Crippen LogP contribution is 2.39. The Labute approximate surface area is 187 Å². The molecule has 0 saturated carbocycles. The monoisotopic (exact) mass is 489 g/mol. The molecule has 8 nitrogen and oxygen atoms in total. The Morgan fingerprint density at radius 1 is 1.31 bits per heavy atom. The zero-order valence-electron chi connectivity index (χ0n) is 16.5. The van der Waals surface area contributed by atoms with Crippen molar-refractivity contribution in [2.75, 3.05) is 13.2 Å². The second-order valence-electron chi connectivity index (χ2n) is 6.47. The van der Waals surface area contributed by atoms with E-state index < -0.39 is 46.3 Å². The number of halogens is 4. The first-order valence-electron chi connectivity index (χ1n) is 8.98. The maximum absolute atomic E-state index is 13.1. The molecule has 0 atom stereocenters. The summed E-state index contributed by atoms with van der Waals surface area (Å²) in [7, 11) is 1.29. The molecule has 0 unspecified atom stereocenters. The van der Waals surface area contributed by atoms with Crippen LogP contribution in [0.4, 0.5) is 13.2 Å². The van der Waals surface area contributed by atoms with Gasteiger partial charge in [-0.05, 0) is 25.1 Å². The van der Waals surface area contributed by atoms with Crippen molar-refractivity contribution in [2.45, 2.75) is 13.1 Å². The van der Waals surface area contributed by atoms with Gasteiger partial charge in [0, 0.05) is 23.0 Å². The van der Waals surface area contributed by atoms with Gasteiger partial charge in [0.25, 0.3) is 5.91 Å². The predicted molar refractivity (Wildman–Crippen MR) is 111 cm³/mol. The minimum atomic E-state index is -4.69. The molecule has 0 aliphatic carbocycles. The zero-order valence-corrected chi connectivity index (χ0v) is 18.1. The van der Waals surface area contributed by atoms with Crippen LogP contribution in [-0.4, -0.2) is 39.9 Å². The number of carbonyl (C=O) groups excluding carboxylic acids is 2. The number of ether oxygens (including phenoxy) is 1.